The Morgan fingerprint density at radius 1 is 1.31 bits per heavy atom. The van der Waals surface area contributed by atoms with Gasteiger partial charge in [-0.3, -0.25) is 9.68 Å². The van der Waals surface area contributed by atoms with Gasteiger partial charge in [-0.15, -0.1) is 0 Å². The molecule has 4 heteroatoms. The summed E-state index contributed by atoms with van der Waals surface area (Å²) >= 11 is 0. The summed E-state index contributed by atoms with van der Waals surface area (Å²) in [7, 11) is 0. The van der Waals surface area contributed by atoms with E-state index in [-0.39, 0.29) is 6.10 Å². The van der Waals surface area contributed by atoms with Crippen LogP contribution in [0.25, 0.3) is 0 Å². The van der Waals surface area contributed by atoms with Crippen LogP contribution in [-0.4, -0.2) is 30.9 Å². The average Bonchev–Trinajstić information content (AvgIpc) is 2.31. The van der Waals surface area contributed by atoms with Crippen LogP contribution in [0.4, 0.5) is 0 Å². The van der Waals surface area contributed by atoms with E-state index in [9.17, 15) is 0 Å². The van der Waals surface area contributed by atoms with Gasteiger partial charge in [-0.1, -0.05) is 27.2 Å². The SMILES string of the molecule is CCCCON(CC)C[CH]NOC(C)CC. The Kier molecular flexibility index (Phi) is 11.2. The fourth-order valence-electron chi connectivity index (χ4n) is 0.998. The van der Waals surface area contributed by atoms with Crippen molar-refractivity contribution in [1.29, 1.82) is 0 Å². The van der Waals surface area contributed by atoms with Crippen molar-refractivity contribution >= 4 is 0 Å². The van der Waals surface area contributed by atoms with Crippen LogP contribution in [0, 0.1) is 6.54 Å². The van der Waals surface area contributed by atoms with Crippen LogP contribution < -0.4 is 5.48 Å². The monoisotopic (exact) mass is 231 g/mol. The molecule has 1 radical (unpaired) electrons. The number of hydrogen-bond acceptors (Lipinski definition) is 4. The quantitative estimate of drug-likeness (QED) is 0.437. The summed E-state index contributed by atoms with van der Waals surface area (Å²) in [6, 6.07) is 0. The smallest absolute Gasteiger partial charge is 0.0759 e. The van der Waals surface area contributed by atoms with E-state index in [1.807, 2.05) is 18.5 Å². The number of rotatable bonds is 11. The second-order valence-corrected chi connectivity index (χ2v) is 3.83. The van der Waals surface area contributed by atoms with Crippen molar-refractivity contribution in [1.82, 2.24) is 10.5 Å². The standard InChI is InChI=1S/C12H27N2O2/c1-5-8-11-15-14(7-3)10-9-13-16-12(4)6-2/h9,12-13H,5-8,10-11H2,1-4H3. The summed E-state index contributed by atoms with van der Waals surface area (Å²) in [4.78, 5) is 10.9. The van der Waals surface area contributed by atoms with Crippen molar-refractivity contribution in [2.75, 3.05) is 19.7 Å². The lowest BCUT2D eigenvalue weighted by molar-refractivity contribution is -0.155. The Bertz CT molecular complexity index is 145. The number of nitrogens with one attached hydrogen (secondary N) is 1. The summed E-state index contributed by atoms with van der Waals surface area (Å²) < 4.78 is 0. The van der Waals surface area contributed by atoms with Crippen LogP contribution in [0.2, 0.25) is 0 Å². The van der Waals surface area contributed by atoms with Gasteiger partial charge in [0.1, 0.15) is 0 Å². The molecule has 0 fully saturated rings. The van der Waals surface area contributed by atoms with Crippen LogP contribution in [-0.2, 0) is 9.68 Å². The summed E-state index contributed by atoms with van der Waals surface area (Å²) in [5, 5.41) is 1.92. The van der Waals surface area contributed by atoms with Gasteiger partial charge in [0.05, 0.1) is 19.3 Å². The van der Waals surface area contributed by atoms with Gasteiger partial charge in [-0.05, 0) is 19.8 Å². The van der Waals surface area contributed by atoms with Crippen molar-refractivity contribution in [2.45, 2.75) is 53.1 Å². The highest BCUT2D eigenvalue weighted by atomic mass is 16.7. The van der Waals surface area contributed by atoms with E-state index >= 15 is 0 Å². The second kappa shape index (κ2) is 11.3. The van der Waals surface area contributed by atoms with Crippen molar-refractivity contribution in [3.63, 3.8) is 0 Å². The van der Waals surface area contributed by atoms with Crippen molar-refractivity contribution in [3.8, 4) is 0 Å². The minimum atomic E-state index is 0.243. The molecule has 0 aliphatic carbocycles. The zero-order chi connectivity index (χ0) is 12.2. The maximum absolute atomic E-state index is 5.57. The first-order valence-corrected chi connectivity index (χ1v) is 6.35. The minimum absolute atomic E-state index is 0.243. The lowest BCUT2D eigenvalue weighted by Crippen LogP contribution is -2.30. The van der Waals surface area contributed by atoms with Crippen LogP contribution in [0.5, 0.6) is 0 Å². The largest absolute Gasteiger partial charge is 0.299 e. The van der Waals surface area contributed by atoms with Crippen LogP contribution in [0.1, 0.15) is 47.0 Å². The number of nitrogens with zero attached hydrogens (tertiary/aromatic N) is 1. The van der Waals surface area contributed by atoms with E-state index < -0.39 is 0 Å². The normalized spacial score (nSPS) is 13.3. The molecule has 0 aromatic carbocycles. The highest BCUT2D eigenvalue weighted by molar-refractivity contribution is 4.59. The Morgan fingerprint density at radius 3 is 2.62 bits per heavy atom. The van der Waals surface area contributed by atoms with Crippen LogP contribution in [0.3, 0.4) is 0 Å². The number of unbranched alkanes of at least 4 members (excludes halogenated alkanes) is 1. The summed E-state index contributed by atoms with van der Waals surface area (Å²) in [5.74, 6) is 0. The molecular formula is C12H27N2O2. The van der Waals surface area contributed by atoms with Gasteiger partial charge in [0, 0.05) is 13.1 Å². The van der Waals surface area contributed by atoms with E-state index in [0.717, 1.165) is 39.0 Å². The Hall–Kier alpha value is -0.160. The molecule has 0 saturated carbocycles. The molecule has 97 valence electrons. The van der Waals surface area contributed by atoms with Gasteiger partial charge in [-0.2, -0.15) is 10.5 Å². The zero-order valence-corrected chi connectivity index (χ0v) is 11.2. The molecule has 0 spiro atoms. The topological polar surface area (TPSA) is 33.7 Å². The molecule has 1 atom stereocenters. The predicted octanol–water partition coefficient (Wildman–Crippen LogP) is 2.52. The summed E-state index contributed by atoms with van der Waals surface area (Å²) in [6.45, 7) is 12.7. The second-order valence-electron chi connectivity index (χ2n) is 3.83. The van der Waals surface area contributed by atoms with Crippen LogP contribution >= 0.6 is 0 Å². The molecule has 0 rings (SSSR count). The molecule has 0 aliphatic heterocycles. The molecule has 1 N–H and O–H groups in total. The predicted molar refractivity (Wildman–Crippen MR) is 66.4 cm³/mol. The summed E-state index contributed by atoms with van der Waals surface area (Å²) in [5.41, 5.74) is 2.84. The summed E-state index contributed by atoms with van der Waals surface area (Å²) in [6.07, 6.45) is 3.52. The molecule has 16 heavy (non-hydrogen) atoms. The van der Waals surface area contributed by atoms with Crippen molar-refractivity contribution in [2.24, 2.45) is 0 Å². The lowest BCUT2D eigenvalue weighted by atomic mass is 10.3. The number of hydrogen-bond donors (Lipinski definition) is 1. The first-order chi connectivity index (χ1) is 7.74. The fraction of sp³-hybridized carbons (Fsp3) is 0.917. The van der Waals surface area contributed by atoms with Gasteiger partial charge >= 0.3 is 0 Å². The third-order valence-corrected chi connectivity index (χ3v) is 2.35. The molecule has 0 aromatic heterocycles. The van der Waals surface area contributed by atoms with Gasteiger partial charge in [0.25, 0.3) is 0 Å². The van der Waals surface area contributed by atoms with E-state index in [2.05, 4.69) is 26.3 Å². The van der Waals surface area contributed by atoms with Gasteiger partial charge < -0.3 is 0 Å². The molecule has 0 bridgehead atoms. The number of hydroxylamine groups is 3. The highest BCUT2D eigenvalue weighted by Crippen LogP contribution is 1.96. The fourth-order valence-corrected chi connectivity index (χ4v) is 0.998. The van der Waals surface area contributed by atoms with Crippen LogP contribution in [0.15, 0.2) is 0 Å². The van der Waals surface area contributed by atoms with Gasteiger partial charge in [-0.25, -0.2) is 0 Å². The molecule has 1 unspecified atom stereocenters. The molecule has 0 saturated heterocycles. The lowest BCUT2D eigenvalue weighted by Gasteiger charge is -2.20. The minimum Gasteiger partial charge on any atom is -0.299 e. The Labute approximate surface area is 100 Å². The molecule has 0 heterocycles. The zero-order valence-electron chi connectivity index (χ0n) is 11.2. The molecule has 0 aliphatic rings. The number of likely N-dealkylation sites (N-methyl/N-ethyl adjacent to an activating group) is 1. The van der Waals surface area contributed by atoms with E-state index in [1.54, 1.807) is 0 Å². The van der Waals surface area contributed by atoms with E-state index in [4.69, 9.17) is 9.68 Å². The molecule has 0 aromatic rings. The molecule has 4 nitrogen and oxygen atoms in total. The van der Waals surface area contributed by atoms with Crippen molar-refractivity contribution in [3.05, 3.63) is 6.54 Å². The van der Waals surface area contributed by atoms with E-state index in [1.165, 1.54) is 0 Å². The average molecular weight is 231 g/mol. The maximum Gasteiger partial charge on any atom is 0.0759 e. The Balaban J connectivity index is 3.40. The van der Waals surface area contributed by atoms with Gasteiger partial charge in [0.2, 0.25) is 0 Å². The molecule has 0 amide bonds. The molecular weight excluding hydrogens is 204 g/mol. The van der Waals surface area contributed by atoms with Gasteiger partial charge in [0.15, 0.2) is 0 Å². The maximum atomic E-state index is 5.57. The first-order valence-electron chi connectivity index (χ1n) is 6.35. The third-order valence-electron chi connectivity index (χ3n) is 2.35. The highest BCUT2D eigenvalue weighted by Gasteiger charge is 2.03. The van der Waals surface area contributed by atoms with E-state index in [0.29, 0.717) is 0 Å². The Morgan fingerprint density at radius 2 is 2.06 bits per heavy atom. The van der Waals surface area contributed by atoms with Crippen molar-refractivity contribution < 1.29 is 9.68 Å². The first kappa shape index (κ1) is 15.8. The third kappa shape index (κ3) is 9.09.